The fraction of sp³-hybridized carbons (Fsp3) is 0.583. The van der Waals surface area contributed by atoms with Gasteiger partial charge in [0.25, 0.3) is 0 Å². The van der Waals surface area contributed by atoms with E-state index in [1.165, 1.54) is 0 Å². The van der Waals surface area contributed by atoms with E-state index in [2.05, 4.69) is 20.9 Å². The number of rotatable bonds is 2. The van der Waals surface area contributed by atoms with Gasteiger partial charge in [0.1, 0.15) is 10.4 Å². The van der Waals surface area contributed by atoms with Gasteiger partial charge in [0, 0.05) is 16.8 Å². The van der Waals surface area contributed by atoms with Crippen molar-refractivity contribution in [1.29, 1.82) is 0 Å². The molecule has 1 nitrogen and oxygen atoms in total. The molecule has 0 spiro atoms. The molecule has 3 heteroatoms. The minimum absolute atomic E-state index is 0.0353. The zero-order valence-electron chi connectivity index (χ0n) is 9.27. The SMILES string of the molecule is Cc1nc(Br)c(C2CC2)c(F)c1C(C)C. The van der Waals surface area contributed by atoms with E-state index in [9.17, 15) is 4.39 Å². The van der Waals surface area contributed by atoms with Gasteiger partial charge in [-0.15, -0.1) is 0 Å². The van der Waals surface area contributed by atoms with Gasteiger partial charge < -0.3 is 0 Å². The van der Waals surface area contributed by atoms with Crippen LogP contribution in [0.4, 0.5) is 4.39 Å². The molecule has 0 bridgehead atoms. The fourth-order valence-corrected chi connectivity index (χ4v) is 2.82. The summed E-state index contributed by atoms with van der Waals surface area (Å²) >= 11 is 3.37. The van der Waals surface area contributed by atoms with Crippen LogP contribution in [0.5, 0.6) is 0 Å². The zero-order valence-corrected chi connectivity index (χ0v) is 10.9. The molecule has 0 amide bonds. The lowest BCUT2D eigenvalue weighted by Crippen LogP contribution is -2.05. The van der Waals surface area contributed by atoms with Gasteiger partial charge in [0.2, 0.25) is 0 Å². The average molecular weight is 272 g/mol. The summed E-state index contributed by atoms with van der Waals surface area (Å²) in [6, 6.07) is 0. The second-order valence-corrected chi connectivity index (χ2v) is 5.31. The van der Waals surface area contributed by atoms with Gasteiger partial charge in [-0.3, -0.25) is 0 Å². The van der Waals surface area contributed by atoms with Crippen molar-refractivity contribution in [3.63, 3.8) is 0 Å². The van der Waals surface area contributed by atoms with E-state index in [1.54, 1.807) is 0 Å². The van der Waals surface area contributed by atoms with E-state index in [1.807, 2.05) is 20.8 Å². The summed E-state index contributed by atoms with van der Waals surface area (Å²) in [5.41, 5.74) is 2.38. The van der Waals surface area contributed by atoms with Crippen LogP contribution in [0.15, 0.2) is 4.60 Å². The Labute approximate surface area is 98.2 Å². The summed E-state index contributed by atoms with van der Waals surface area (Å²) in [6.07, 6.45) is 2.19. The van der Waals surface area contributed by atoms with E-state index in [-0.39, 0.29) is 11.7 Å². The summed E-state index contributed by atoms with van der Waals surface area (Å²) in [5.74, 6) is 0.556. The summed E-state index contributed by atoms with van der Waals surface area (Å²) in [4.78, 5) is 4.39. The van der Waals surface area contributed by atoms with Crippen molar-refractivity contribution in [2.24, 2.45) is 0 Å². The van der Waals surface area contributed by atoms with Crippen LogP contribution in [0.2, 0.25) is 0 Å². The van der Waals surface area contributed by atoms with Crippen LogP contribution < -0.4 is 0 Å². The number of hydrogen-bond donors (Lipinski definition) is 0. The lowest BCUT2D eigenvalue weighted by molar-refractivity contribution is 0.573. The molecule has 15 heavy (non-hydrogen) atoms. The highest BCUT2D eigenvalue weighted by atomic mass is 79.9. The number of hydrogen-bond acceptors (Lipinski definition) is 1. The Hall–Kier alpha value is -0.440. The lowest BCUT2D eigenvalue weighted by Gasteiger charge is -2.14. The first-order valence-corrected chi connectivity index (χ1v) is 6.17. The second kappa shape index (κ2) is 3.85. The number of aryl methyl sites for hydroxylation is 1. The molecular formula is C12H15BrFN. The van der Waals surface area contributed by atoms with Gasteiger partial charge >= 0.3 is 0 Å². The van der Waals surface area contributed by atoms with Crippen LogP contribution in [0.3, 0.4) is 0 Å². The van der Waals surface area contributed by atoms with Crippen molar-refractivity contribution >= 4 is 15.9 Å². The van der Waals surface area contributed by atoms with E-state index < -0.39 is 0 Å². The molecule has 0 saturated heterocycles. The number of aromatic nitrogens is 1. The first kappa shape index (κ1) is 11.1. The monoisotopic (exact) mass is 271 g/mol. The first-order chi connectivity index (χ1) is 7.02. The van der Waals surface area contributed by atoms with Gasteiger partial charge in [-0.05, 0) is 47.5 Å². The average Bonchev–Trinajstić information content (AvgIpc) is 2.85. The van der Waals surface area contributed by atoms with Crippen LogP contribution >= 0.6 is 15.9 Å². The summed E-state index contributed by atoms with van der Waals surface area (Å²) in [7, 11) is 0. The third kappa shape index (κ3) is 1.94. The second-order valence-electron chi connectivity index (χ2n) is 4.56. The van der Waals surface area contributed by atoms with E-state index in [0.717, 1.165) is 29.7 Å². The molecule has 0 unspecified atom stereocenters. The summed E-state index contributed by atoms with van der Waals surface area (Å²) in [6.45, 7) is 5.90. The molecule has 1 aliphatic carbocycles. The molecule has 1 aliphatic rings. The van der Waals surface area contributed by atoms with Gasteiger partial charge in [-0.2, -0.15) is 0 Å². The largest absolute Gasteiger partial charge is 0.245 e. The third-order valence-corrected chi connectivity index (χ3v) is 3.52. The van der Waals surface area contributed by atoms with E-state index in [4.69, 9.17) is 0 Å². The molecule has 1 saturated carbocycles. The Bertz CT molecular complexity index is 371. The molecule has 1 aromatic rings. The first-order valence-electron chi connectivity index (χ1n) is 5.37. The molecular weight excluding hydrogens is 257 g/mol. The summed E-state index contributed by atoms with van der Waals surface area (Å²) in [5, 5.41) is 0. The highest BCUT2D eigenvalue weighted by Gasteiger charge is 2.31. The fourth-order valence-electron chi connectivity index (χ4n) is 2.05. The van der Waals surface area contributed by atoms with Gasteiger partial charge in [0.15, 0.2) is 0 Å². The highest BCUT2D eigenvalue weighted by Crippen LogP contribution is 2.45. The van der Waals surface area contributed by atoms with Crippen molar-refractivity contribution in [1.82, 2.24) is 4.98 Å². The van der Waals surface area contributed by atoms with Crippen LogP contribution in [0, 0.1) is 12.7 Å². The predicted molar refractivity (Wildman–Crippen MR) is 62.7 cm³/mol. The van der Waals surface area contributed by atoms with Gasteiger partial charge in [0.05, 0.1) is 0 Å². The number of nitrogens with zero attached hydrogens (tertiary/aromatic N) is 1. The standard InChI is InChI=1S/C12H15BrFN/c1-6(2)9-7(3)15-12(13)10(11(9)14)8-4-5-8/h6,8H,4-5H2,1-3H3. The lowest BCUT2D eigenvalue weighted by atomic mass is 9.98. The quantitative estimate of drug-likeness (QED) is 0.732. The van der Waals surface area contributed by atoms with Crippen molar-refractivity contribution in [3.05, 3.63) is 27.2 Å². The van der Waals surface area contributed by atoms with Crippen molar-refractivity contribution < 1.29 is 4.39 Å². The van der Waals surface area contributed by atoms with Gasteiger partial charge in [-0.1, -0.05) is 13.8 Å². The molecule has 0 radical (unpaired) electrons. The molecule has 2 rings (SSSR count). The Morgan fingerprint density at radius 3 is 2.47 bits per heavy atom. The predicted octanol–water partition coefficient (Wildman–Crippen LogP) is 4.29. The topological polar surface area (TPSA) is 12.9 Å². The Morgan fingerprint density at radius 1 is 1.40 bits per heavy atom. The number of halogens is 2. The molecule has 1 fully saturated rings. The normalized spacial score (nSPS) is 16.1. The molecule has 1 heterocycles. The van der Waals surface area contributed by atoms with Crippen LogP contribution in [0.1, 0.15) is 55.3 Å². The van der Waals surface area contributed by atoms with Crippen molar-refractivity contribution in [3.8, 4) is 0 Å². The molecule has 0 N–H and O–H groups in total. The number of pyridine rings is 1. The molecule has 1 aromatic heterocycles. The molecule has 0 aromatic carbocycles. The van der Waals surface area contributed by atoms with Gasteiger partial charge in [-0.25, -0.2) is 9.37 Å². The van der Waals surface area contributed by atoms with Crippen molar-refractivity contribution in [2.45, 2.75) is 45.4 Å². The minimum Gasteiger partial charge on any atom is -0.245 e. The molecule has 82 valence electrons. The van der Waals surface area contributed by atoms with Crippen LogP contribution in [0.25, 0.3) is 0 Å². The zero-order chi connectivity index (χ0) is 11.2. The smallest absolute Gasteiger partial charge is 0.134 e. The molecule has 0 atom stereocenters. The van der Waals surface area contributed by atoms with Crippen LogP contribution in [-0.2, 0) is 0 Å². The highest BCUT2D eigenvalue weighted by molar-refractivity contribution is 9.10. The maximum Gasteiger partial charge on any atom is 0.134 e. The maximum atomic E-state index is 14.3. The Kier molecular flexibility index (Phi) is 2.84. The Morgan fingerprint density at radius 2 is 2.00 bits per heavy atom. The summed E-state index contributed by atoms with van der Waals surface area (Å²) < 4.78 is 15.0. The minimum atomic E-state index is -0.0353. The maximum absolute atomic E-state index is 14.3. The van der Waals surface area contributed by atoms with E-state index >= 15 is 0 Å². The van der Waals surface area contributed by atoms with Crippen LogP contribution in [-0.4, -0.2) is 4.98 Å². The Balaban J connectivity index is 2.60. The third-order valence-electron chi connectivity index (χ3n) is 2.91. The van der Waals surface area contributed by atoms with Crippen molar-refractivity contribution in [2.75, 3.05) is 0 Å². The van der Waals surface area contributed by atoms with E-state index in [0.29, 0.717) is 10.5 Å². The molecule has 0 aliphatic heterocycles.